The van der Waals surface area contributed by atoms with E-state index in [-0.39, 0.29) is 16.6 Å². The summed E-state index contributed by atoms with van der Waals surface area (Å²) in [4.78, 5) is 0. The van der Waals surface area contributed by atoms with Crippen LogP contribution in [0.4, 0.5) is 0 Å². The van der Waals surface area contributed by atoms with Crippen molar-refractivity contribution in [3.05, 3.63) is 0 Å². The first kappa shape index (κ1) is 11.7. The molecule has 4 aliphatic rings. The van der Waals surface area contributed by atoms with Gasteiger partial charge in [-0.1, -0.05) is 13.8 Å². The highest BCUT2D eigenvalue weighted by molar-refractivity contribution is 5.12. The number of ether oxygens (including phenoxy) is 3. The zero-order valence-corrected chi connectivity index (χ0v) is 11.9. The van der Waals surface area contributed by atoms with Crippen molar-refractivity contribution in [3.8, 4) is 0 Å². The third kappa shape index (κ3) is 1.67. The Morgan fingerprint density at radius 1 is 0.889 bits per heavy atom. The summed E-state index contributed by atoms with van der Waals surface area (Å²) in [6, 6.07) is 0. The molecule has 18 heavy (non-hydrogen) atoms. The first-order chi connectivity index (χ1) is 8.32. The average Bonchev–Trinajstić information content (AvgIpc) is 3.14. The van der Waals surface area contributed by atoms with E-state index in [2.05, 4.69) is 27.7 Å². The minimum absolute atomic E-state index is 0.0839. The minimum Gasteiger partial charge on any atom is -0.369 e. The maximum atomic E-state index is 5.97. The largest absolute Gasteiger partial charge is 0.369 e. The Morgan fingerprint density at radius 3 is 2.39 bits per heavy atom. The monoisotopic (exact) mass is 252 g/mol. The lowest BCUT2D eigenvalue weighted by atomic mass is 9.80. The summed E-state index contributed by atoms with van der Waals surface area (Å²) in [5.41, 5.74) is 0.428. The maximum absolute atomic E-state index is 5.97. The van der Waals surface area contributed by atoms with Crippen LogP contribution in [-0.4, -0.2) is 35.6 Å². The van der Waals surface area contributed by atoms with Crippen molar-refractivity contribution in [1.82, 2.24) is 0 Å². The van der Waals surface area contributed by atoms with E-state index in [0.717, 1.165) is 25.7 Å². The van der Waals surface area contributed by atoms with E-state index in [1.54, 1.807) is 0 Å². The third-order valence-corrected chi connectivity index (χ3v) is 5.64. The van der Waals surface area contributed by atoms with Crippen molar-refractivity contribution < 1.29 is 14.2 Å². The molecule has 102 valence electrons. The van der Waals surface area contributed by atoms with Crippen LogP contribution in [0.2, 0.25) is 0 Å². The molecule has 0 bridgehead atoms. The van der Waals surface area contributed by atoms with Crippen molar-refractivity contribution in [1.29, 1.82) is 0 Å². The van der Waals surface area contributed by atoms with Crippen LogP contribution >= 0.6 is 0 Å². The lowest BCUT2D eigenvalue weighted by Gasteiger charge is -2.22. The quantitative estimate of drug-likeness (QED) is 0.622. The molecule has 6 atom stereocenters. The zero-order chi connectivity index (χ0) is 12.8. The van der Waals surface area contributed by atoms with E-state index in [0.29, 0.717) is 24.4 Å². The number of hydrogen-bond acceptors (Lipinski definition) is 3. The van der Waals surface area contributed by atoms with Crippen molar-refractivity contribution in [2.45, 2.75) is 89.0 Å². The molecule has 0 unspecified atom stereocenters. The molecule has 1 aliphatic carbocycles. The molecular weight excluding hydrogens is 228 g/mol. The van der Waals surface area contributed by atoms with E-state index in [1.807, 2.05) is 0 Å². The van der Waals surface area contributed by atoms with Crippen molar-refractivity contribution in [2.75, 3.05) is 0 Å². The van der Waals surface area contributed by atoms with Gasteiger partial charge in [-0.15, -0.1) is 0 Å². The Hall–Kier alpha value is -0.120. The molecule has 3 nitrogen and oxygen atoms in total. The first-order valence-electron chi connectivity index (χ1n) is 7.34. The molecule has 3 saturated heterocycles. The molecule has 0 aromatic carbocycles. The average molecular weight is 252 g/mol. The lowest BCUT2D eigenvalue weighted by molar-refractivity contribution is 0.200. The standard InChI is InChI=1S/C15H24O3/c1-13(2)8-11-14(3,18-11)6-5-10-15(4,17-10)7-9-12(13)16-9/h9-12H,5-8H2,1-4H3/t9-,10-,11+,12-,14-,15+/m0/s1. The van der Waals surface area contributed by atoms with Crippen molar-refractivity contribution in [2.24, 2.45) is 5.41 Å². The van der Waals surface area contributed by atoms with Crippen LogP contribution in [0.15, 0.2) is 0 Å². The van der Waals surface area contributed by atoms with Crippen molar-refractivity contribution in [3.63, 3.8) is 0 Å². The summed E-state index contributed by atoms with van der Waals surface area (Å²) >= 11 is 0. The normalized spacial score (nSPS) is 60.7. The van der Waals surface area contributed by atoms with E-state index < -0.39 is 0 Å². The smallest absolute Gasteiger partial charge is 0.0946 e. The Bertz CT molecular complexity index is 393. The van der Waals surface area contributed by atoms with Crippen LogP contribution in [0.1, 0.15) is 53.4 Å². The second kappa shape index (κ2) is 3.13. The highest BCUT2D eigenvalue weighted by atomic mass is 16.6. The zero-order valence-electron chi connectivity index (χ0n) is 11.9. The number of rotatable bonds is 0. The summed E-state index contributed by atoms with van der Waals surface area (Å²) in [5, 5.41) is 0. The Balaban J connectivity index is 1.56. The van der Waals surface area contributed by atoms with Crippen LogP contribution in [0.25, 0.3) is 0 Å². The number of fused-ring (bicyclic) bond motifs is 3. The molecule has 4 rings (SSSR count). The topological polar surface area (TPSA) is 37.6 Å². The maximum Gasteiger partial charge on any atom is 0.0946 e. The summed E-state index contributed by atoms with van der Waals surface area (Å²) in [6.45, 7) is 9.15. The second-order valence-electron chi connectivity index (χ2n) is 7.87. The summed E-state index contributed by atoms with van der Waals surface area (Å²) < 4.78 is 17.8. The molecule has 0 aromatic heterocycles. The van der Waals surface area contributed by atoms with Gasteiger partial charge >= 0.3 is 0 Å². The Morgan fingerprint density at radius 2 is 1.61 bits per heavy atom. The lowest BCUT2D eigenvalue weighted by Crippen LogP contribution is -2.26. The van der Waals surface area contributed by atoms with Gasteiger partial charge < -0.3 is 14.2 Å². The fraction of sp³-hybridized carbons (Fsp3) is 1.00. The van der Waals surface area contributed by atoms with Gasteiger partial charge in [0, 0.05) is 6.42 Å². The highest BCUT2D eigenvalue weighted by Crippen LogP contribution is 2.56. The van der Waals surface area contributed by atoms with E-state index in [9.17, 15) is 0 Å². The van der Waals surface area contributed by atoms with Gasteiger partial charge in [-0.05, 0) is 38.5 Å². The highest BCUT2D eigenvalue weighted by Gasteiger charge is 2.64. The number of hydrogen-bond donors (Lipinski definition) is 0. The van der Waals surface area contributed by atoms with Gasteiger partial charge in [0.15, 0.2) is 0 Å². The molecule has 4 fully saturated rings. The molecule has 0 radical (unpaired) electrons. The predicted octanol–water partition coefficient (Wildman–Crippen LogP) is 2.67. The van der Waals surface area contributed by atoms with Gasteiger partial charge in [0.05, 0.1) is 35.6 Å². The van der Waals surface area contributed by atoms with Gasteiger partial charge in [-0.3, -0.25) is 0 Å². The molecule has 3 heteroatoms. The fourth-order valence-electron chi connectivity index (χ4n) is 4.00. The molecule has 1 saturated carbocycles. The molecule has 3 aliphatic heterocycles. The van der Waals surface area contributed by atoms with Crippen molar-refractivity contribution >= 4 is 0 Å². The Kier molecular flexibility index (Phi) is 2.03. The van der Waals surface area contributed by atoms with Gasteiger partial charge in [0.2, 0.25) is 0 Å². The van der Waals surface area contributed by atoms with Gasteiger partial charge in [-0.2, -0.15) is 0 Å². The molecular formula is C15H24O3. The van der Waals surface area contributed by atoms with E-state index in [1.165, 1.54) is 0 Å². The summed E-state index contributed by atoms with van der Waals surface area (Å²) in [7, 11) is 0. The van der Waals surface area contributed by atoms with E-state index in [4.69, 9.17) is 14.2 Å². The fourth-order valence-corrected chi connectivity index (χ4v) is 4.00. The van der Waals surface area contributed by atoms with Gasteiger partial charge in [0.25, 0.3) is 0 Å². The molecule has 0 spiro atoms. The minimum atomic E-state index is 0.0839. The Labute approximate surface area is 109 Å². The molecule has 3 heterocycles. The molecule has 0 N–H and O–H groups in total. The van der Waals surface area contributed by atoms with Gasteiger partial charge in [-0.25, -0.2) is 0 Å². The third-order valence-electron chi connectivity index (χ3n) is 5.64. The molecule has 0 amide bonds. The van der Waals surface area contributed by atoms with E-state index >= 15 is 0 Å². The molecule has 0 aromatic rings. The SMILES string of the molecule is CC1(C)C[C@H]2O[C@@]2(C)CC[C@@H]2O[C@]2(C)C[C@@H]2O[C@@H]21. The summed E-state index contributed by atoms with van der Waals surface area (Å²) in [6.07, 6.45) is 6.18. The van der Waals surface area contributed by atoms with Crippen LogP contribution in [0.3, 0.4) is 0 Å². The van der Waals surface area contributed by atoms with Crippen LogP contribution in [-0.2, 0) is 14.2 Å². The predicted molar refractivity (Wildman–Crippen MR) is 67.5 cm³/mol. The van der Waals surface area contributed by atoms with Crippen LogP contribution in [0, 0.1) is 5.41 Å². The van der Waals surface area contributed by atoms with Crippen LogP contribution < -0.4 is 0 Å². The first-order valence-corrected chi connectivity index (χ1v) is 7.34. The number of epoxide rings is 3. The van der Waals surface area contributed by atoms with Gasteiger partial charge in [0.1, 0.15) is 0 Å². The summed E-state index contributed by atoms with van der Waals surface area (Å²) in [5.74, 6) is 0. The second-order valence-corrected chi connectivity index (χ2v) is 7.87. The van der Waals surface area contributed by atoms with Crippen LogP contribution in [0.5, 0.6) is 0 Å².